The van der Waals surface area contributed by atoms with Gasteiger partial charge in [-0.05, 0) is 19.1 Å². The summed E-state index contributed by atoms with van der Waals surface area (Å²) in [5.41, 5.74) is 0.352. The fraction of sp³-hybridized carbons (Fsp3) is 0.464. The number of phenolic OH excluding ortho intramolecular Hbond substituents is 3. The summed E-state index contributed by atoms with van der Waals surface area (Å²) in [6.07, 6.45) is -15.2. The van der Waals surface area contributed by atoms with Crippen molar-refractivity contribution in [3.8, 4) is 40.1 Å². The summed E-state index contributed by atoms with van der Waals surface area (Å²) in [5, 5.41) is 92.7. The normalized spacial score (nSPS) is 32.9. The van der Waals surface area contributed by atoms with Gasteiger partial charge in [0.2, 0.25) is 12.0 Å². The van der Waals surface area contributed by atoms with Gasteiger partial charge in [0.1, 0.15) is 59.6 Å². The molecule has 3 heterocycles. The van der Waals surface area contributed by atoms with Crippen molar-refractivity contribution in [1.82, 2.24) is 0 Å². The third-order valence-electron chi connectivity index (χ3n) is 7.42. The van der Waals surface area contributed by atoms with Crippen molar-refractivity contribution in [3.63, 3.8) is 0 Å². The van der Waals surface area contributed by atoms with E-state index in [0.717, 1.165) is 0 Å². The number of ether oxygens (including phenoxy) is 5. The molecule has 3 aromatic rings. The maximum atomic E-state index is 10.7. The highest BCUT2D eigenvalue weighted by Crippen LogP contribution is 2.42. The van der Waals surface area contributed by atoms with Crippen LogP contribution in [0.4, 0.5) is 0 Å². The van der Waals surface area contributed by atoms with E-state index in [1.54, 1.807) is 0 Å². The van der Waals surface area contributed by atoms with Crippen LogP contribution in [0, 0.1) is 0 Å². The molecule has 5 rings (SSSR count). The van der Waals surface area contributed by atoms with E-state index in [-0.39, 0.29) is 39.5 Å². The van der Waals surface area contributed by atoms with E-state index < -0.39 is 79.5 Å². The van der Waals surface area contributed by atoms with Crippen molar-refractivity contribution < 1.29 is 74.1 Å². The minimum Gasteiger partial charge on any atom is -0.507 e. The molecule has 2 fully saturated rings. The van der Waals surface area contributed by atoms with Crippen LogP contribution in [0.2, 0.25) is 0 Å². The van der Waals surface area contributed by atoms with Crippen LogP contribution in [0.1, 0.15) is 6.92 Å². The zero-order valence-electron chi connectivity index (χ0n) is 22.9. The average molecular weight is 610 g/mol. The first-order valence-electron chi connectivity index (χ1n) is 13.3. The second-order valence-corrected chi connectivity index (χ2v) is 10.3. The van der Waals surface area contributed by atoms with Crippen molar-refractivity contribution in [3.05, 3.63) is 36.4 Å². The third-order valence-corrected chi connectivity index (χ3v) is 7.42. The van der Waals surface area contributed by atoms with Crippen LogP contribution in [0.5, 0.6) is 28.7 Å². The van der Waals surface area contributed by atoms with Crippen molar-refractivity contribution in [2.45, 2.75) is 68.3 Å². The van der Waals surface area contributed by atoms with Crippen LogP contribution in [0.3, 0.4) is 0 Å². The lowest BCUT2D eigenvalue weighted by Gasteiger charge is -2.42. The number of rotatable bonds is 7. The topological polar surface area (TPSA) is 240 Å². The van der Waals surface area contributed by atoms with Gasteiger partial charge in [0.25, 0.3) is 0 Å². The van der Waals surface area contributed by atoms with Gasteiger partial charge in [-0.25, -0.2) is 4.42 Å². The van der Waals surface area contributed by atoms with Crippen LogP contribution in [-0.4, -0.2) is 121 Å². The second kappa shape index (κ2) is 12.2. The van der Waals surface area contributed by atoms with Gasteiger partial charge in [0.05, 0.1) is 31.5 Å². The number of aromatic hydroxyl groups is 3. The Morgan fingerprint density at radius 2 is 1.44 bits per heavy atom. The number of benzene rings is 2. The van der Waals surface area contributed by atoms with Gasteiger partial charge in [-0.1, -0.05) is 0 Å². The maximum Gasteiger partial charge on any atom is 0.402 e. The highest BCUT2D eigenvalue weighted by molar-refractivity contribution is 5.88. The predicted molar refractivity (Wildman–Crippen MR) is 143 cm³/mol. The van der Waals surface area contributed by atoms with E-state index >= 15 is 0 Å². The minimum absolute atomic E-state index is 0.0417. The molecular formula is C28H33O15+. The van der Waals surface area contributed by atoms with E-state index in [2.05, 4.69) is 0 Å². The Bertz CT molecular complexity index is 1450. The molecule has 15 heteroatoms. The van der Waals surface area contributed by atoms with Gasteiger partial charge < -0.3 is 69.6 Å². The van der Waals surface area contributed by atoms with Crippen LogP contribution in [0.15, 0.2) is 40.8 Å². The molecule has 0 aliphatic carbocycles. The number of hydrogen-bond acceptors (Lipinski definition) is 14. The molecule has 0 saturated carbocycles. The summed E-state index contributed by atoms with van der Waals surface area (Å²) in [6, 6.07) is 7.96. The number of aliphatic hydroxyl groups excluding tert-OH is 6. The van der Waals surface area contributed by atoms with Gasteiger partial charge in [-0.15, -0.1) is 0 Å². The molecule has 0 radical (unpaired) electrons. The van der Waals surface area contributed by atoms with Gasteiger partial charge in [-0.2, -0.15) is 0 Å². The molecule has 1 aromatic heterocycles. The van der Waals surface area contributed by atoms with Crippen molar-refractivity contribution >= 4 is 11.0 Å². The van der Waals surface area contributed by atoms with Crippen LogP contribution < -0.4 is 9.47 Å². The summed E-state index contributed by atoms with van der Waals surface area (Å²) in [7, 11) is 1.39. The van der Waals surface area contributed by atoms with E-state index in [4.69, 9.17) is 28.1 Å². The van der Waals surface area contributed by atoms with Crippen LogP contribution >= 0.6 is 0 Å². The predicted octanol–water partition coefficient (Wildman–Crippen LogP) is -0.463. The number of phenols is 3. The van der Waals surface area contributed by atoms with Crippen molar-refractivity contribution in [1.29, 1.82) is 0 Å². The molecule has 9 N–H and O–H groups in total. The van der Waals surface area contributed by atoms with E-state index in [0.29, 0.717) is 0 Å². The Balaban J connectivity index is 1.45. The quantitative estimate of drug-likeness (QED) is 0.122. The smallest absolute Gasteiger partial charge is 0.402 e. The fourth-order valence-corrected chi connectivity index (χ4v) is 4.86. The summed E-state index contributed by atoms with van der Waals surface area (Å²) in [6.45, 7) is 0.948. The van der Waals surface area contributed by atoms with Gasteiger partial charge in [0.15, 0.2) is 17.8 Å². The Labute approximate surface area is 243 Å². The molecule has 234 valence electrons. The number of hydrogen-bond donors (Lipinski definition) is 9. The lowest BCUT2D eigenvalue weighted by atomic mass is 9.98. The number of methoxy groups -OCH3 is 1. The van der Waals surface area contributed by atoms with Crippen LogP contribution in [-0.2, 0) is 14.2 Å². The highest BCUT2D eigenvalue weighted by Gasteiger charge is 2.48. The molecule has 2 aliphatic heterocycles. The summed E-state index contributed by atoms with van der Waals surface area (Å²) >= 11 is 0. The molecular weight excluding hydrogens is 576 g/mol. The zero-order valence-corrected chi connectivity index (χ0v) is 22.9. The molecule has 2 saturated heterocycles. The number of fused-ring (bicyclic) bond motifs is 1. The monoisotopic (exact) mass is 609 g/mol. The average Bonchev–Trinajstić information content (AvgIpc) is 2.99. The van der Waals surface area contributed by atoms with Crippen molar-refractivity contribution in [2.75, 3.05) is 13.7 Å². The maximum absolute atomic E-state index is 10.7. The van der Waals surface area contributed by atoms with E-state index in [1.807, 2.05) is 0 Å². The molecule has 2 aliphatic rings. The lowest BCUT2D eigenvalue weighted by molar-refractivity contribution is -0.318. The SMILES string of the molecule is COc1cc(O)c2cc(O[C@@H]3O[C@H](CO[C@@H]4O[C@@H](C)[C@H](O)[C@@H](O)[C@H]4O)[C@H](O)[C@H](O)[C@H]3O)c(-c3ccc(O)c(O)c3)[o+]c2c1. The van der Waals surface area contributed by atoms with E-state index in [9.17, 15) is 46.0 Å². The minimum atomic E-state index is -1.80. The molecule has 0 amide bonds. The lowest BCUT2D eigenvalue weighted by Crippen LogP contribution is -2.61. The first-order chi connectivity index (χ1) is 20.4. The second-order valence-electron chi connectivity index (χ2n) is 10.3. The fourth-order valence-electron chi connectivity index (χ4n) is 4.86. The summed E-state index contributed by atoms with van der Waals surface area (Å²) in [5.74, 6) is -1.03. The molecule has 2 aromatic carbocycles. The van der Waals surface area contributed by atoms with Gasteiger partial charge in [0, 0.05) is 18.2 Å². The zero-order chi connectivity index (χ0) is 31.2. The van der Waals surface area contributed by atoms with Gasteiger partial charge in [-0.3, -0.25) is 0 Å². The molecule has 15 nitrogen and oxygen atoms in total. The van der Waals surface area contributed by atoms with E-state index in [1.165, 1.54) is 50.4 Å². The summed E-state index contributed by atoms with van der Waals surface area (Å²) in [4.78, 5) is 0. The first-order valence-corrected chi connectivity index (χ1v) is 13.3. The summed E-state index contributed by atoms with van der Waals surface area (Å²) < 4.78 is 33.7. The standard InChI is InChI=1S/C28H32O15/c1-10-20(32)22(34)24(36)27(40-10)39-9-19-21(33)23(35)25(37)28(43-19)42-18-8-13-15(30)6-12(38-2)7-17(13)41-26(18)11-3-4-14(29)16(31)5-11/h3-8,10,19-25,27-28,32-37H,9H2,1-2H3,(H2-,29,30,31)/p+1/t10-,19+,20-,21-,22+,23-,24+,25+,27+,28+/m0/s1. The molecule has 10 atom stereocenters. The Morgan fingerprint density at radius 1 is 0.744 bits per heavy atom. The largest absolute Gasteiger partial charge is 0.507 e. The Morgan fingerprint density at radius 3 is 2.14 bits per heavy atom. The molecule has 0 bridgehead atoms. The van der Waals surface area contributed by atoms with Crippen molar-refractivity contribution in [2.24, 2.45) is 0 Å². The molecule has 0 unspecified atom stereocenters. The van der Waals surface area contributed by atoms with Gasteiger partial charge >= 0.3 is 11.3 Å². The third kappa shape index (κ3) is 5.99. The Kier molecular flexibility index (Phi) is 8.80. The number of aliphatic hydroxyl groups is 6. The van der Waals surface area contributed by atoms with Crippen LogP contribution in [0.25, 0.3) is 22.3 Å². The Hall–Kier alpha value is -3.51. The highest BCUT2D eigenvalue weighted by atomic mass is 16.7. The molecule has 0 spiro atoms. The first kappa shape index (κ1) is 30.9. The molecule has 43 heavy (non-hydrogen) atoms.